The Hall–Kier alpha value is -3.17. The largest absolute Gasteiger partial charge is 0.497 e. The molecule has 2 aromatic heterocycles. The van der Waals surface area contributed by atoms with E-state index in [0.717, 1.165) is 5.56 Å². The maximum atomic E-state index is 13.5. The van der Waals surface area contributed by atoms with Crippen LogP contribution in [0, 0.1) is 0 Å². The van der Waals surface area contributed by atoms with Gasteiger partial charge in [0.15, 0.2) is 4.80 Å². The number of hydrogen-bond acceptors (Lipinski definition) is 8. The molecule has 1 unspecified atom stereocenters. The monoisotopic (exact) mass is 470 g/mol. The fraction of sp³-hybridized carbons (Fsp3) is 0.261. The average Bonchev–Trinajstić information content (AvgIpc) is 3.40. The Morgan fingerprint density at radius 3 is 2.72 bits per heavy atom. The Labute approximate surface area is 192 Å². The number of fused-ring (bicyclic) bond motifs is 1. The highest BCUT2D eigenvalue weighted by Gasteiger charge is 2.35. The second kappa shape index (κ2) is 9.13. The Bertz CT molecular complexity index is 1370. The summed E-state index contributed by atoms with van der Waals surface area (Å²) in [5, 5.41) is 3.93. The number of carbonyl (C=O) groups excluding carboxylic acids is 1. The molecule has 9 heteroatoms. The third-order valence-electron chi connectivity index (χ3n) is 5.09. The highest BCUT2D eigenvalue weighted by atomic mass is 32.1. The number of nitrogens with zero attached hydrogens (tertiary/aromatic N) is 2. The van der Waals surface area contributed by atoms with Crippen LogP contribution in [0.3, 0.4) is 0 Å². The molecule has 0 spiro atoms. The average molecular weight is 471 g/mol. The van der Waals surface area contributed by atoms with Crippen LogP contribution in [0.25, 0.3) is 6.08 Å². The van der Waals surface area contributed by atoms with Crippen LogP contribution in [-0.4, -0.2) is 31.4 Å². The normalized spacial score (nSPS) is 15.9. The van der Waals surface area contributed by atoms with Gasteiger partial charge < -0.3 is 14.2 Å². The lowest BCUT2D eigenvalue weighted by atomic mass is 9.95. The summed E-state index contributed by atoms with van der Waals surface area (Å²) in [4.78, 5) is 31.6. The highest BCUT2D eigenvalue weighted by Crippen LogP contribution is 2.37. The van der Waals surface area contributed by atoms with E-state index in [0.29, 0.717) is 37.7 Å². The van der Waals surface area contributed by atoms with Crippen LogP contribution in [0.15, 0.2) is 56.1 Å². The molecule has 32 heavy (non-hydrogen) atoms. The Kier molecular flexibility index (Phi) is 6.29. The van der Waals surface area contributed by atoms with E-state index in [4.69, 9.17) is 14.2 Å². The van der Waals surface area contributed by atoms with Gasteiger partial charge in [0.05, 0.1) is 36.6 Å². The van der Waals surface area contributed by atoms with E-state index in [1.165, 1.54) is 11.3 Å². The highest BCUT2D eigenvalue weighted by molar-refractivity contribution is 7.08. The fourth-order valence-electron chi connectivity index (χ4n) is 3.64. The molecule has 0 N–H and O–H groups in total. The van der Waals surface area contributed by atoms with Crippen LogP contribution in [0.2, 0.25) is 0 Å². The van der Waals surface area contributed by atoms with E-state index < -0.39 is 12.0 Å². The molecular weight excluding hydrogens is 448 g/mol. The van der Waals surface area contributed by atoms with Crippen molar-refractivity contribution >= 4 is 34.7 Å². The second-order valence-electron chi connectivity index (χ2n) is 6.97. The summed E-state index contributed by atoms with van der Waals surface area (Å²) >= 11 is 2.85. The van der Waals surface area contributed by atoms with E-state index in [2.05, 4.69) is 4.99 Å². The van der Waals surface area contributed by atoms with Crippen molar-refractivity contribution in [3.8, 4) is 11.5 Å². The number of ether oxygens (including phenoxy) is 3. The number of hydrogen-bond donors (Lipinski definition) is 0. The molecule has 0 saturated carbocycles. The molecule has 0 bridgehead atoms. The predicted molar refractivity (Wildman–Crippen MR) is 124 cm³/mol. The standard InChI is InChI=1S/C23H22N2O5S2/c1-5-30-22(27)19-13(2)24-23-25(21(26)18(32-23)10-14-8-9-31-12-14)20(19)16-7-6-15(28-3)11-17(16)29-4/h6-12,20H,5H2,1-4H3/b18-10+. The molecule has 1 atom stereocenters. The maximum Gasteiger partial charge on any atom is 0.338 e. The first kappa shape index (κ1) is 22.0. The molecular formula is C23H22N2O5S2. The van der Waals surface area contributed by atoms with Crippen LogP contribution < -0.4 is 24.4 Å². The van der Waals surface area contributed by atoms with Gasteiger partial charge in [0.2, 0.25) is 0 Å². The minimum absolute atomic E-state index is 0.213. The molecule has 4 rings (SSSR count). The van der Waals surface area contributed by atoms with E-state index in [-0.39, 0.29) is 12.2 Å². The number of methoxy groups -OCH3 is 2. The van der Waals surface area contributed by atoms with Crippen molar-refractivity contribution in [2.75, 3.05) is 20.8 Å². The zero-order valence-electron chi connectivity index (χ0n) is 18.1. The van der Waals surface area contributed by atoms with Gasteiger partial charge in [-0.05, 0) is 54.4 Å². The van der Waals surface area contributed by atoms with E-state index in [1.807, 2.05) is 22.9 Å². The lowest BCUT2D eigenvalue weighted by Crippen LogP contribution is -2.40. The topological polar surface area (TPSA) is 79.1 Å². The van der Waals surface area contributed by atoms with Crippen molar-refractivity contribution in [2.24, 2.45) is 4.99 Å². The summed E-state index contributed by atoms with van der Waals surface area (Å²) < 4.78 is 18.3. The van der Waals surface area contributed by atoms with Crippen LogP contribution in [0.1, 0.15) is 31.0 Å². The molecule has 3 heterocycles. The van der Waals surface area contributed by atoms with Gasteiger partial charge in [-0.3, -0.25) is 9.36 Å². The van der Waals surface area contributed by atoms with Gasteiger partial charge in [-0.2, -0.15) is 11.3 Å². The third kappa shape index (κ3) is 3.89. The van der Waals surface area contributed by atoms with Gasteiger partial charge in [-0.25, -0.2) is 9.79 Å². The number of allylic oxidation sites excluding steroid dienone is 1. The summed E-state index contributed by atoms with van der Waals surface area (Å²) in [5.41, 5.74) is 2.19. The fourth-order valence-corrected chi connectivity index (χ4v) is 5.30. The summed E-state index contributed by atoms with van der Waals surface area (Å²) in [5.74, 6) is 0.593. The molecule has 0 aliphatic carbocycles. The number of thiophene rings is 1. The van der Waals surface area contributed by atoms with Crippen molar-refractivity contribution in [1.82, 2.24) is 4.57 Å². The zero-order chi connectivity index (χ0) is 22.8. The number of benzene rings is 1. The molecule has 1 aliphatic rings. The molecule has 166 valence electrons. The van der Waals surface area contributed by atoms with Gasteiger partial charge >= 0.3 is 5.97 Å². The minimum Gasteiger partial charge on any atom is -0.497 e. The molecule has 0 amide bonds. The molecule has 0 saturated heterocycles. The van der Waals surface area contributed by atoms with Crippen LogP contribution in [0.4, 0.5) is 0 Å². The summed E-state index contributed by atoms with van der Waals surface area (Å²) in [6.07, 6.45) is 1.84. The number of thiazole rings is 1. The van der Waals surface area contributed by atoms with Crippen molar-refractivity contribution in [2.45, 2.75) is 19.9 Å². The molecule has 1 aromatic carbocycles. The first-order chi connectivity index (χ1) is 15.5. The second-order valence-corrected chi connectivity index (χ2v) is 8.76. The first-order valence-corrected chi connectivity index (χ1v) is 11.7. The maximum absolute atomic E-state index is 13.5. The van der Waals surface area contributed by atoms with E-state index in [1.54, 1.807) is 62.2 Å². The predicted octanol–water partition coefficient (Wildman–Crippen LogP) is 2.88. The number of aromatic nitrogens is 1. The third-order valence-corrected chi connectivity index (χ3v) is 6.78. The van der Waals surface area contributed by atoms with Crippen LogP contribution in [-0.2, 0) is 9.53 Å². The number of rotatable bonds is 6. The molecule has 0 fully saturated rings. The minimum atomic E-state index is -0.740. The quantitative estimate of drug-likeness (QED) is 0.518. The Balaban J connectivity index is 2.01. The summed E-state index contributed by atoms with van der Waals surface area (Å²) in [6.45, 7) is 3.71. The van der Waals surface area contributed by atoms with Gasteiger partial charge in [-0.15, -0.1) is 0 Å². The van der Waals surface area contributed by atoms with E-state index >= 15 is 0 Å². The van der Waals surface area contributed by atoms with Crippen LogP contribution >= 0.6 is 22.7 Å². The van der Waals surface area contributed by atoms with Crippen LogP contribution in [0.5, 0.6) is 11.5 Å². The Morgan fingerprint density at radius 1 is 1.25 bits per heavy atom. The van der Waals surface area contributed by atoms with Crippen molar-refractivity contribution in [3.63, 3.8) is 0 Å². The lowest BCUT2D eigenvalue weighted by molar-refractivity contribution is -0.139. The lowest BCUT2D eigenvalue weighted by Gasteiger charge is -2.26. The number of esters is 1. The molecule has 0 radical (unpaired) electrons. The van der Waals surface area contributed by atoms with Gasteiger partial charge in [-0.1, -0.05) is 11.3 Å². The van der Waals surface area contributed by atoms with Gasteiger partial charge in [0.1, 0.15) is 17.5 Å². The van der Waals surface area contributed by atoms with Crippen molar-refractivity contribution in [3.05, 3.63) is 77.1 Å². The van der Waals surface area contributed by atoms with Crippen molar-refractivity contribution in [1.29, 1.82) is 0 Å². The first-order valence-electron chi connectivity index (χ1n) is 9.92. The number of carbonyl (C=O) groups is 1. The zero-order valence-corrected chi connectivity index (χ0v) is 19.7. The van der Waals surface area contributed by atoms with Gasteiger partial charge in [0, 0.05) is 11.6 Å². The molecule has 3 aromatic rings. The molecule has 1 aliphatic heterocycles. The SMILES string of the molecule is CCOC(=O)C1=C(C)N=c2s/c(=C/c3ccsc3)c(=O)n2C1c1ccc(OC)cc1OC. The van der Waals surface area contributed by atoms with Crippen molar-refractivity contribution < 1.29 is 19.0 Å². The molecule has 7 nitrogen and oxygen atoms in total. The Morgan fingerprint density at radius 2 is 2.06 bits per heavy atom. The smallest absolute Gasteiger partial charge is 0.338 e. The van der Waals surface area contributed by atoms with E-state index in [9.17, 15) is 9.59 Å². The summed E-state index contributed by atoms with van der Waals surface area (Å²) in [7, 11) is 3.11. The van der Waals surface area contributed by atoms with Gasteiger partial charge in [0.25, 0.3) is 5.56 Å². The summed E-state index contributed by atoms with van der Waals surface area (Å²) in [6, 6.07) is 6.51.